The van der Waals surface area contributed by atoms with Crippen LogP contribution in [0.1, 0.15) is 0 Å². The fraction of sp³-hybridized carbons (Fsp3) is 0.200. The molecule has 1 aromatic carbocycles. The number of rotatable bonds is 1. The van der Waals surface area contributed by atoms with Crippen LogP contribution in [0.3, 0.4) is 0 Å². The molecule has 1 N–H and O–H groups in total. The van der Waals surface area contributed by atoms with E-state index in [0.717, 1.165) is 0 Å². The normalized spacial score (nSPS) is 9.00. The summed E-state index contributed by atoms with van der Waals surface area (Å²) in [7, 11) is 0. The molecule has 1 aromatic heterocycles. The molecule has 75 valence electrons. The van der Waals surface area contributed by atoms with E-state index < -0.39 is 21.8 Å². The molecule has 0 bridgehead atoms. The van der Waals surface area contributed by atoms with Crippen molar-refractivity contribution in [2.45, 2.75) is 9.26 Å². The Morgan fingerprint density at radius 3 is 2.29 bits per heavy atom. The van der Waals surface area contributed by atoms with Crippen LogP contribution < -0.4 is 28.2 Å². The molecule has 0 radical (unpaired) electrons. The maximum absolute atomic E-state index is 3.48. The fourth-order valence-electron chi connectivity index (χ4n) is 1.34. The Kier molecular flexibility index (Phi) is 6.04. The average Bonchev–Trinajstić information content (AvgIpc) is 2.46. The summed E-state index contributed by atoms with van der Waals surface area (Å²) in [4.78, 5) is 3.48. The first kappa shape index (κ1) is 14.2. The summed E-state index contributed by atoms with van der Waals surface area (Å²) in [6, 6.07) is 10.8. The number of hydrogen-bond donors (Lipinski definition) is 1. The molecular weight excluding hydrogens is 296 g/mol. The van der Waals surface area contributed by atoms with Gasteiger partial charge in [0.05, 0.1) is 0 Å². The fourth-order valence-corrected chi connectivity index (χ4v) is 3.38. The van der Waals surface area contributed by atoms with Gasteiger partial charge in [-0.25, -0.2) is 0 Å². The zero-order chi connectivity index (χ0) is 8.55. The van der Waals surface area contributed by atoms with E-state index in [9.17, 15) is 0 Å². The Morgan fingerprint density at radius 2 is 1.71 bits per heavy atom. The third-order valence-electron chi connectivity index (χ3n) is 2.07. The van der Waals surface area contributed by atoms with E-state index in [-0.39, 0.29) is 24.8 Å². The molecule has 0 amide bonds. The van der Waals surface area contributed by atoms with Gasteiger partial charge in [0.25, 0.3) is 0 Å². The van der Waals surface area contributed by atoms with Gasteiger partial charge in [-0.1, -0.05) is 0 Å². The van der Waals surface area contributed by atoms with Gasteiger partial charge in [0, 0.05) is 0 Å². The van der Waals surface area contributed by atoms with E-state index >= 15 is 0 Å². The van der Waals surface area contributed by atoms with Gasteiger partial charge < -0.3 is 24.8 Å². The first-order valence-corrected chi connectivity index (χ1v) is 10.3. The molecular formula is C10H12Cl2NZr. The summed E-state index contributed by atoms with van der Waals surface area (Å²) in [5, 5.41) is 1.36. The molecule has 0 aliphatic heterocycles. The minimum Gasteiger partial charge on any atom is -1.00 e. The van der Waals surface area contributed by atoms with Gasteiger partial charge in [-0.3, -0.25) is 0 Å². The number of para-hydroxylation sites is 1. The zero-order valence-corrected chi connectivity index (χ0v) is 12.1. The van der Waals surface area contributed by atoms with Gasteiger partial charge in [-0.05, 0) is 0 Å². The first-order valence-electron chi connectivity index (χ1n) is 4.15. The minimum atomic E-state index is -1.18. The number of aromatic amines is 1. The third-order valence-corrected chi connectivity index (χ3v) is 5.38. The molecule has 0 aliphatic carbocycles. The van der Waals surface area contributed by atoms with Crippen molar-refractivity contribution in [1.29, 1.82) is 0 Å². The van der Waals surface area contributed by atoms with E-state index in [4.69, 9.17) is 0 Å². The predicted octanol–water partition coefficient (Wildman–Crippen LogP) is -3.48. The molecule has 0 saturated heterocycles. The summed E-state index contributed by atoms with van der Waals surface area (Å²) in [6.45, 7) is 0. The average molecular weight is 308 g/mol. The largest absolute Gasteiger partial charge is 1.00 e. The summed E-state index contributed by atoms with van der Waals surface area (Å²) >= 11 is -1.18. The Hall–Kier alpha value is 0.223. The van der Waals surface area contributed by atoms with Crippen LogP contribution in [0.4, 0.5) is 0 Å². The number of benzene rings is 1. The predicted molar refractivity (Wildman–Crippen MR) is 49.7 cm³/mol. The van der Waals surface area contributed by atoms with Gasteiger partial charge in [-0.2, -0.15) is 0 Å². The van der Waals surface area contributed by atoms with E-state index in [1.54, 1.807) is 0 Å². The van der Waals surface area contributed by atoms with Crippen molar-refractivity contribution in [1.82, 2.24) is 4.98 Å². The molecule has 0 spiro atoms. The van der Waals surface area contributed by atoms with Gasteiger partial charge in [0.1, 0.15) is 0 Å². The Labute approximate surface area is 105 Å². The monoisotopic (exact) mass is 306 g/mol. The van der Waals surface area contributed by atoms with Gasteiger partial charge in [0.15, 0.2) is 0 Å². The van der Waals surface area contributed by atoms with E-state index in [1.807, 2.05) is 0 Å². The van der Waals surface area contributed by atoms with Gasteiger partial charge in [0.2, 0.25) is 0 Å². The van der Waals surface area contributed by atoms with Crippen LogP contribution >= 0.6 is 0 Å². The van der Waals surface area contributed by atoms with Crippen LogP contribution in [0.25, 0.3) is 10.9 Å². The topological polar surface area (TPSA) is 15.8 Å². The van der Waals surface area contributed by atoms with Crippen LogP contribution in [0.5, 0.6) is 0 Å². The SMILES string of the molecule is [CH3][Zr+2]([CH3])[c]1cc2ccccc2[nH]1.[Cl-].[Cl-]. The van der Waals surface area contributed by atoms with E-state index in [1.165, 1.54) is 14.3 Å². The Bertz CT molecular complexity index is 365. The number of fused-ring (bicyclic) bond motifs is 1. The number of aromatic nitrogens is 1. The smallest absolute Gasteiger partial charge is 1.00 e. The van der Waals surface area contributed by atoms with Crippen molar-refractivity contribution >= 4 is 14.3 Å². The summed E-state index contributed by atoms with van der Waals surface area (Å²) in [6.07, 6.45) is 0. The molecule has 0 unspecified atom stereocenters. The third kappa shape index (κ3) is 2.85. The molecule has 1 heterocycles. The molecule has 0 atom stereocenters. The molecule has 0 saturated carbocycles. The Morgan fingerprint density at radius 1 is 1.07 bits per heavy atom. The van der Waals surface area contributed by atoms with Crippen LogP contribution in [-0.4, -0.2) is 4.98 Å². The summed E-state index contributed by atoms with van der Waals surface area (Å²) in [5.74, 6) is 0. The van der Waals surface area contributed by atoms with Crippen molar-refractivity contribution in [2.75, 3.05) is 0 Å². The molecule has 4 heteroatoms. The Balaban J connectivity index is 0.000000845. The van der Waals surface area contributed by atoms with Crippen molar-refractivity contribution in [3.63, 3.8) is 0 Å². The molecule has 1 nitrogen and oxygen atoms in total. The van der Waals surface area contributed by atoms with Crippen molar-refractivity contribution in [2.24, 2.45) is 0 Å². The van der Waals surface area contributed by atoms with Crippen LogP contribution in [0.2, 0.25) is 9.26 Å². The van der Waals surface area contributed by atoms with E-state index in [0.29, 0.717) is 0 Å². The molecule has 2 aromatic rings. The maximum atomic E-state index is 3.48. The summed E-state index contributed by atoms with van der Waals surface area (Å²) in [5.41, 5.74) is 1.29. The zero-order valence-electron chi connectivity index (χ0n) is 8.14. The van der Waals surface area contributed by atoms with Crippen LogP contribution in [-0.2, 0) is 21.8 Å². The quantitative estimate of drug-likeness (QED) is 0.563. The summed E-state index contributed by atoms with van der Waals surface area (Å²) < 4.78 is 6.30. The van der Waals surface area contributed by atoms with Gasteiger partial charge in [-0.15, -0.1) is 0 Å². The molecule has 14 heavy (non-hydrogen) atoms. The number of H-pyrrole nitrogens is 1. The van der Waals surface area contributed by atoms with Crippen molar-refractivity contribution < 1.29 is 46.6 Å². The first-order chi connectivity index (χ1) is 5.77. The van der Waals surface area contributed by atoms with E-state index in [2.05, 4.69) is 44.6 Å². The number of hydrogen-bond acceptors (Lipinski definition) is 0. The van der Waals surface area contributed by atoms with Crippen LogP contribution in [0, 0.1) is 0 Å². The number of halogens is 2. The minimum absolute atomic E-state index is 0. The number of nitrogens with one attached hydrogen (secondary N) is 1. The van der Waals surface area contributed by atoms with Crippen LogP contribution in [0.15, 0.2) is 30.3 Å². The van der Waals surface area contributed by atoms with Gasteiger partial charge >= 0.3 is 80.6 Å². The molecule has 0 aliphatic rings. The second-order valence-corrected chi connectivity index (χ2v) is 9.51. The second-order valence-electron chi connectivity index (χ2n) is 3.27. The maximum Gasteiger partial charge on any atom is -1.00 e. The molecule has 2 rings (SSSR count). The second kappa shape index (κ2) is 5.95. The molecule has 0 fully saturated rings. The van der Waals surface area contributed by atoms with Crippen molar-refractivity contribution in [3.05, 3.63) is 30.3 Å². The standard InChI is InChI=1S/C8H6N.2CH3.2ClH.Zr/c1-2-4-8-7(3-1)5-6-9-8;;;;;/h1-5,9H;2*1H3;2*1H;/q;;;;;+2/p-2. The van der Waals surface area contributed by atoms with Crippen molar-refractivity contribution in [3.8, 4) is 0 Å².